The number of aliphatic hydroxyl groups is 1. The Morgan fingerprint density at radius 2 is 1.48 bits per heavy atom. The van der Waals surface area contributed by atoms with Crippen LogP contribution < -0.4 is 0 Å². The van der Waals surface area contributed by atoms with Gasteiger partial charge in [-0.15, -0.1) is 5.54 Å². The standard InChI is InChI=1S/C36H48N2O4Si2/c1-27(2)44(28(3)4,29(5)6)25-23-36(42-43(10,11)35(7,8)9,33-16-18-34(19-17-33)38(40)41)22-20-32(21-24-39)31-14-12-30(26-37)13-15-31/h12-19,21,27-29,39H,24H2,1-11H3/b32-21+. The van der Waals surface area contributed by atoms with Gasteiger partial charge in [0.2, 0.25) is 5.60 Å². The van der Waals surface area contributed by atoms with E-state index in [2.05, 4.69) is 105 Å². The highest BCUT2D eigenvalue weighted by molar-refractivity contribution is 6.90. The van der Waals surface area contributed by atoms with E-state index in [-0.39, 0.29) is 17.3 Å². The molecule has 0 amide bonds. The van der Waals surface area contributed by atoms with Crippen molar-refractivity contribution in [1.29, 1.82) is 5.26 Å². The minimum Gasteiger partial charge on any atom is -0.392 e. The number of rotatable bonds is 9. The number of aliphatic hydroxyl groups excluding tert-OH is 1. The molecule has 0 saturated heterocycles. The molecule has 0 spiro atoms. The Morgan fingerprint density at radius 3 is 1.89 bits per heavy atom. The van der Waals surface area contributed by atoms with Gasteiger partial charge in [-0.3, -0.25) is 10.1 Å². The van der Waals surface area contributed by atoms with Gasteiger partial charge >= 0.3 is 0 Å². The second kappa shape index (κ2) is 14.5. The fourth-order valence-electron chi connectivity index (χ4n) is 5.48. The van der Waals surface area contributed by atoms with Crippen LogP contribution in [0.2, 0.25) is 34.8 Å². The summed E-state index contributed by atoms with van der Waals surface area (Å²) in [5, 5.41) is 30.6. The Morgan fingerprint density at radius 1 is 0.955 bits per heavy atom. The monoisotopic (exact) mass is 628 g/mol. The molecule has 6 nitrogen and oxygen atoms in total. The van der Waals surface area contributed by atoms with Crippen molar-refractivity contribution in [3.05, 3.63) is 81.4 Å². The Labute approximate surface area is 266 Å². The SMILES string of the molecule is CC(C)[Si](C#CC(C#C/C(=C\CO)c1ccc(C#N)cc1)(O[Si](C)(C)C(C)(C)C)c1ccc([N+](=O)[O-])cc1)(C(C)C)C(C)C. The average Bonchev–Trinajstić information content (AvgIpc) is 2.94. The van der Waals surface area contributed by atoms with Crippen molar-refractivity contribution >= 4 is 27.7 Å². The van der Waals surface area contributed by atoms with E-state index in [0.717, 1.165) is 5.56 Å². The van der Waals surface area contributed by atoms with Crippen LogP contribution in [-0.4, -0.2) is 33.0 Å². The third-order valence-corrected chi connectivity index (χ3v) is 19.7. The number of nitro benzene ring substituents is 1. The fourth-order valence-corrected chi connectivity index (χ4v) is 12.0. The molecule has 234 valence electrons. The van der Waals surface area contributed by atoms with Crippen LogP contribution in [0.1, 0.15) is 79.0 Å². The van der Waals surface area contributed by atoms with Gasteiger partial charge in [0, 0.05) is 23.3 Å². The van der Waals surface area contributed by atoms with Crippen LogP contribution in [0.25, 0.3) is 5.57 Å². The van der Waals surface area contributed by atoms with Crippen LogP contribution in [0.5, 0.6) is 0 Å². The molecule has 8 heteroatoms. The van der Waals surface area contributed by atoms with E-state index in [1.165, 1.54) is 12.1 Å². The van der Waals surface area contributed by atoms with Gasteiger partial charge in [-0.1, -0.05) is 86.3 Å². The predicted octanol–water partition coefficient (Wildman–Crippen LogP) is 8.98. The van der Waals surface area contributed by atoms with Gasteiger partial charge in [0.15, 0.2) is 8.32 Å². The van der Waals surface area contributed by atoms with Crippen molar-refractivity contribution in [2.45, 2.75) is 103 Å². The van der Waals surface area contributed by atoms with Gasteiger partial charge in [0.1, 0.15) is 8.07 Å². The summed E-state index contributed by atoms with van der Waals surface area (Å²) in [4.78, 5) is 11.2. The second-order valence-corrected chi connectivity index (χ2v) is 24.0. The minimum atomic E-state index is -2.55. The zero-order valence-electron chi connectivity index (χ0n) is 28.2. The first-order valence-corrected chi connectivity index (χ1v) is 20.3. The third kappa shape index (κ3) is 8.17. The Balaban J connectivity index is 3.09. The molecular formula is C36H48N2O4Si2. The lowest BCUT2D eigenvalue weighted by Crippen LogP contribution is -2.48. The van der Waals surface area contributed by atoms with E-state index >= 15 is 0 Å². The maximum Gasteiger partial charge on any atom is 0.269 e. The number of nitriles is 1. The van der Waals surface area contributed by atoms with Crippen LogP contribution in [0.15, 0.2) is 54.6 Å². The summed E-state index contributed by atoms with van der Waals surface area (Å²) in [5.41, 5.74) is 6.01. The molecule has 1 atom stereocenters. The minimum absolute atomic E-state index is 0.0235. The summed E-state index contributed by atoms with van der Waals surface area (Å²) < 4.78 is 7.22. The summed E-state index contributed by atoms with van der Waals surface area (Å²) in [6.45, 7) is 24.1. The molecule has 0 aromatic heterocycles. The maximum absolute atomic E-state index is 11.6. The van der Waals surface area contributed by atoms with Gasteiger partial charge < -0.3 is 9.53 Å². The van der Waals surface area contributed by atoms with Gasteiger partial charge in [-0.2, -0.15) is 5.26 Å². The zero-order chi connectivity index (χ0) is 33.5. The quantitative estimate of drug-likeness (QED) is 0.129. The number of hydrogen-bond donors (Lipinski definition) is 1. The molecule has 2 aromatic rings. The summed E-state index contributed by atoms with van der Waals surface area (Å²) in [6.07, 6.45) is 1.63. The van der Waals surface area contributed by atoms with E-state index in [0.29, 0.717) is 33.3 Å². The highest BCUT2D eigenvalue weighted by atomic mass is 28.4. The Bertz CT molecular complexity index is 1480. The van der Waals surface area contributed by atoms with Crippen LogP contribution in [0.4, 0.5) is 5.69 Å². The summed E-state index contributed by atoms with van der Waals surface area (Å²) in [6, 6.07) is 15.5. The van der Waals surface area contributed by atoms with Gasteiger partial charge in [-0.05, 0) is 76.6 Å². The molecular weight excluding hydrogens is 581 g/mol. The lowest BCUT2D eigenvalue weighted by molar-refractivity contribution is -0.384. The largest absolute Gasteiger partial charge is 0.392 e. The molecule has 0 aliphatic heterocycles. The number of allylic oxidation sites excluding steroid dienone is 1. The van der Waals surface area contributed by atoms with Crippen molar-refractivity contribution in [3.63, 3.8) is 0 Å². The summed E-state index contributed by atoms with van der Waals surface area (Å²) >= 11 is 0. The van der Waals surface area contributed by atoms with Gasteiger partial charge in [0.05, 0.1) is 23.2 Å². The van der Waals surface area contributed by atoms with E-state index < -0.39 is 26.9 Å². The molecule has 0 aliphatic carbocycles. The molecule has 1 unspecified atom stereocenters. The van der Waals surface area contributed by atoms with E-state index in [1.54, 1.807) is 42.5 Å². The van der Waals surface area contributed by atoms with Crippen molar-refractivity contribution in [3.8, 4) is 29.4 Å². The lowest BCUT2D eigenvalue weighted by atomic mass is 9.94. The normalized spacial score (nSPS) is 13.9. The van der Waals surface area contributed by atoms with Crippen LogP contribution in [0.3, 0.4) is 0 Å². The molecule has 0 saturated carbocycles. The van der Waals surface area contributed by atoms with Crippen molar-refractivity contribution in [2.24, 2.45) is 0 Å². The molecule has 0 fully saturated rings. The molecule has 0 aliphatic rings. The number of non-ortho nitro benzene ring substituents is 1. The van der Waals surface area contributed by atoms with Crippen molar-refractivity contribution < 1.29 is 14.5 Å². The summed E-state index contributed by atoms with van der Waals surface area (Å²) in [7, 11) is -4.80. The van der Waals surface area contributed by atoms with Crippen LogP contribution >= 0.6 is 0 Å². The van der Waals surface area contributed by atoms with E-state index in [4.69, 9.17) is 4.43 Å². The van der Waals surface area contributed by atoms with Crippen LogP contribution in [0, 0.1) is 44.8 Å². The zero-order valence-corrected chi connectivity index (χ0v) is 30.2. The second-order valence-electron chi connectivity index (χ2n) is 13.7. The fraction of sp³-hybridized carbons (Fsp3) is 0.472. The number of benzene rings is 2. The van der Waals surface area contributed by atoms with E-state index in [1.807, 2.05) is 0 Å². The number of nitro groups is 1. The van der Waals surface area contributed by atoms with Crippen LogP contribution in [-0.2, 0) is 10.0 Å². The number of nitrogens with zero attached hydrogens (tertiary/aromatic N) is 2. The third-order valence-electron chi connectivity index (χ3n) is 9.01. The predicted molar refractivity (Wildman–Crippen MR) is 186 cm³/mol. The molecule has 0 radical (unpaired) electrons. The highest BCUT2D eigenvalue weighted by Crippen LogP contribution is 2.44. The number of hydrogen-bond acceptors (Lipinski definition) is 5. The first-order valence-electron chi connectivity index (χ1n) is 15.2. The molecule has 2 rings (SSSR count). The molecule has 2 aromatic carbocycles. The average molecular weight is 629 g/mol. The molecule has 44 heavy (non-hydrogen) atoms. The Kier molecular flexibility index (Phi) is 12.1. The first kappa shape index (κ1) is 36.7. The summed E-state index contributed by atoms with van der Waals surface area (Å²) in [5.74, 6) is 10.3. The first-order chi connectivity index (χ1) is 20.4. The van der Waals surface area contributed by atoms with Gasteiger partial charge in [0.25, 0.3) is 5.69 Å². The maximum atomic E-state index is 11.6. The Hall–Kier alpha value is -3.46. The molecule has 0 heterocycles. The van der Waals surface area contributed by atoms with E-state index in [9.17, 15) is 20.5 Å². The molecule has 0 bridgehead atoms. The molecule has 1 N–H and O–H groups in total. The van der Waals surface area contributed by atoms with Crippen molar-refractivity contribution in [1.82, 2.24) is 0 Å². The van der Waals surface area contributed by atoms with Gasteiger partial charge in [-0.25, -0.2) is 0 Å². The lowest BCUT2D eigenvalue weighted by Gasteiger charge is -2.42. The highest BCUT2D eigenvalue weighted by Gasteiger charge is 2.47. The smallest absolute Gasteiger partial charge is 0.269 e. The van der Waals surface area contributed by atoms with Crippen molar-refractivity contribution in [2.75, 3.05) is 6.61 Å². The topological polar surface area (TPSA) is 96.4 Å².